The first kappa shape index (κ1) is 25.7. The number of aromatic nitrogens is 3. The number of carbonyl (C=O) groups is 1. The van der Waals surface area contributed by atoms with E-state index in [1.807, 2.05) is 23.6 Å². The fourth-order valence-corrected chi connectivity index (χ4v) is 3.99. The van der Waals surface area contributed by atoms with Gasteiger partial charge in [0.25, 0.3) is 5.91 Å². The van der Waals surface area contributed by atoms with Gasteiger partial charge in [0.15, 0.2) is 34.0 Å². The third-order valence-corrected chi connectivity index (χ3v) is 5.88. The lowest BCUT2D eigenvalue weighted by Gasteiger charge is -2.10. The molecule has 2 aromatic carbocycles. The molecular weight excluding hydrogens is 474 g/mol. The number of hydrogen-bond donors (Lipinski definition) is 2. The number of phenols is 1. The molecule has 3 rings (SSSR count). The number of hydrazone groups is 1. The monoisotopic (exact) mass is 501 g/mol. The maximum Gasteiger partial charge on any atom is 0.250 e. The third kappa shape index (κ3) is 5.96. The van der Waals surface area contributed by atoms with E-state index in [2.05, 4.69) is 20.7 Å². The molecule has 0 aliphatic heterocycles. The van der Waals surface area contributed by atoms with Crippen molar-refractivity contribution in [2.45, 2.75) is 18.6 Å². The van der Waals surface area contributed by atoms with Gasteiger partial charge >= 0.3 is 0 Å². The summed E-state index contributed by atoms with van der Waals surface area (Å²) < 4.78 is 22.8. The van der Waals surface area contributed by atoms with Crippen LogP contribution in [0.15, 0.2) is 40.6 Å². The van der Waals surface area contributed by atoms with Gasteiger partial charge in [0, 0.05) is 17.7 Å². The molecule has 1 amide bonds. The summed E-state index contributed by atoms with van der Waals surface area (Å²) in [6.45, 7) is 2.59. The minimum Gasteiger partial charge on any atom is -0.502 e. The van der Waals surface area contributed by atoms with Crippen molar-refractivity contribution in [1.82, 2.24) is 20.2 Å². The Morgan fingerprint density at radius 2 is 1.69 bits per heavy atom. The average Bonchev–Trinajstić information content (AvgIpc) is 3.30. The lowest BCUT2D eigenvalue weighted by molar-refractivity contribution is -0.118. The van der Waals surface area contributed by atoms with Crippen LogP contribution in [0.3, 0.4) is 0 Å². The Morgan fingerprint density at radius 3 is 2.29 bits per heavy atom. The summed E-state index contributed by atoms with van der Waals surface area (Å²) in [6, 6.07) is 8.66. The molecule has 186 valence electrons. The number of thioether (sulfide) groups is 1. The molecule has 0 radical (unpaired) electrons. The van der Waals surface area contributed by atoms with Crippen LogP contribution in [-0.4, -0.2) is 66.2 Å². The van der Waals surface area contributed by atoms with E-state index < -0.39 is 0 Å². The van der Waals surface area contributed by atoms with Gasteiger partial charge in [0.2, 0.25) is 5.75 Å². The number of carbonyl (C=O) groups excluding carboxylic acids is 1. The van der Waals surface area contributed by atoms with Gasteiger partial charge < -0.3 is 28.6 Å². The Balaban J connectivity index is 1.65. The highest BCUT2D eigenvalue weighted by Gasteiger charge is 2.16. The Morgan fingerprint density at radius 1 is 1.03 bits per heavy atom. The van der Waals surface area contributed by atoms with Crippen LogP contribution >= 0.6 is 11.8 Å². The molecule has 1 aromatic heterocycles. The van der Waals surface area contributed by atoms with Crippen molar-refractivity contribution in [3.05, 3.63) is 35.9 Å². The van der Waals surface area contributed by atoms with Crippen LogP contribution in [0.25, 0.3) is 11.4 Å². The van der Waals surface area contributed by atoms with Crippen molar-refractivity contribution < 1.29 is 28.8 Å². The fraction of sp³-hybridized carbons (Fsp3) is 0.304. The summed E-state index contributed by atoms with van der Waals surface area (Å²) in [6.07, 6.45) is 1.43. The van der Waals surface area contributed by atoms with Crippen LogP contribution in [0.2, 0.25) is 0 Å². The van der Waals surface area contributed by atoms with E-state index in [4.69, 9.17) is 18.9 Å². The molecule has 35 heavy (non-hydrogen) atoms. The van der Waals surface area contributed by atoms with Crippen LogP contribution in [0.4, 0.5) is 0 Å². The van der Waals surface area contributed by atoms with E-state index in [1.54, 1.807) is 32.4 Å². The first-order chi connectivity index (χ1) is 16.9. The van der Waals surface area contributed by atoms with Gasteiger partial charge in [-0.05, 0) is 37.3 Å². The normalized spacial score (nSPS) is 10.9. The fourth-order valence-electron chi connectivity index (χ4n) is 3.20. The van der Waals surface area contributed by atoms with E-state index in [0.717, 1.165) is 5.56 Å². The molecule has 0 fully saturated rings. The van der Waals surface area contributed by atoms with Crippen LogP contribution in [0.1, 0.15) is 12.5 Å². The van der Waals surface area contributed by atoms with Crippen LogP contribution in [0, 0.1) is 0 Å². The molecule has 0 saturated carbocycles. The first-order valence-corrected chi connectivity index (χ1v) is 11.5. The number of phenolic OH excluding ortho intramolecular Hbond substituents is 1. The molecule has 2 N–H and O–H groups in total. The van der Waals surface area contributed by atoms with Crippen LogP contribution in [-0.2, 0) is 11.3 Å². The highest BCUT2D eigenvalue weighted by molar-refractivity contribution is 7.99. The second-order valence-corrected chi connectivity index (χ2v) is 7.92. The summed E-state index contributed by atoms with van der Waals surface area (Å²) in [7, 11) is 6.01. The van der Waals surface area contributed by atoms with Gasteiger partial charge in [-0.25, -0.2) is 5.43 Å². The van der Waals surface area contributed by atoms with E-state index in [9.17, 15) is 9.90 Å². The molecule has 0 aliphatic carbocycles. The van der Waals surface area contributed by atoms with Crippen molar-refractivity contribution in [2.75, 3.05) is 34.2 Å². The predicted octanol–water partition coefficient (Wildman–Crippen LogP) is 2.95. The van der Waals surface area contributed by atoms with E-state index in [1.165, 1.54) is 32.2 Å². The van der Waals surface area contributed by atoms with E-state index >= 15 is 0 Å². The average molecular weight is 502 g/mol. The molecule has 0 saturated heterocycles. The maximum absolute atomic E-state index is 12.3. The summed E-state index contributed by atoms with van der Waals surface area (Å²) in [5, 5.41) is 23.1. The number of aromatic hydroxyl groups is 1. The van der Waals surface area contributed by atoms with Gasteiger partial charge in [-0.2, -0.15) is 5.10 Å². The first-order valence-electron chi connectivity index (χ1n) is 10.5. The molecule has 0 unspecified atom stereocenters. The topological polar surface area (TPSA) is 129 Å². The SMILES string of the molecule is CCn1c(SCC(=O)N/N=C/c2cc(OC)c(O)c(OC)c2)nnc1-c1ccc(OC)c(OC)c1. The molecule has 0 aliphatic rings. The summed E-state index contributed by atoms with van der Waals surface area (Å²) >= 11 is 1.25. The zero-order valence-electron chi connectivity index (χ0n) is 20.1. The highest BCUT2D eigenvalue weighted by Crippen LogP contribution is 2.36. The summed E-state index contributed by atoms with van der Waals surface area (Å²) in [5.74, 6) is 1.99. The van der Waals surface area contributed by atoms with Crippen molar-refractivity contribution >= 4 is 23.9 Å². The number of nitrogens with one attached hydrogen (secondary N) is 1. The number of benzene rings is 2. The van der Waals surface area contributed by atoms with Gasteiger partial charge in [-0.1, -0.05) is 11.8 Å². The van der Waals surface area contributed by atoms with Gasteiger partial charge in [-0.15, -0.1) is 10.2 Å². The summed E-state index contributed by atoms with van der Waals surface area (Å²) in [5.41, 5.74) is 3.87. The number of hydrogen-bond acceptors (Lipinski definition) is 10. The third-order valence-electron chi connectivity index (χ3n) is 4.91. The van der Waals surface area contributed by atoms with E-state index in [-0.39, 0.29) is 28.9 Å². The number of methoxy groups -OCH3 is 4. The Labute approximate surface area is 207 Å². The predicted molar refractivity (Wildman–Crippen MR) is 132 cm³/mol. The number of nitrogens with zero attached hydrogens (tertiary/aromatic N) is 4. The molecule has 11 nitrogen and oxygen atoms in total. The Hall–Kier alpha value is -3.93. The maximum atomic E-state index is 12.3. The quantitative estimate of drug-likeness (QED) is 0.231. The molecule has 0 spiro atoms. The minimum absolute atomic E-state index is 0.0869. The van der Waals surface area contributed by atoms with Gasteiger partial charge in [-0.3, -0.25) is 4.79 Å². The van der Waals surface area contributed by atoms with Crippen molar-refractivity contribution in [2.24, 2.45) is 5.10 Å². The van der Waals surface area contributed by atoms with Gasteiger partial charge in [0.05, 0.1) is 40.4 Å². The number of amides is 1. The second kappa shape index (κ2) is 12.0. The van der Waals surface area contributed by atoms with Crippen molar-refractivity contribution in [3.8, 4) is 40.1 Å². The minimum atomic E-state index is -0.317. The molecular formula is C23H27N5O6S. The van der Waals surface area contributed by atoms with E-state index in [0.29, 0.717) is 34.6 Å². The zero-order valence-corrected chi connectivity index (χ0v) is 20.9. The Kier molecular flexibility index (Phi) is 8.79. The highest BCUT2D eigenvalue weighted by atomic mass is 32.2. The summed E-state index contributed by atoms with van der Waals surface area (Å²) in [4.78, 5) is 12.3. The van der Waals surface area contributed by atoms with Gasteiger partial charge in [0.1, 0.15) is 0 Å². The molecule has 3 aromatic rings. The molecule has 0 atom stereocenters. The lowest BCUT2D eigenvalue weighted by atomic mass is 10.2. The van der Waals surface area contributed by atoms with Crippen molar-refractivity contribution in [1.29, 1.82) is 0 Å². The number of ether oxygens (including phenoxy) is 4. The number of rotatable bonds is 11. The Bertz CT molecular complexity index is 1190. The molecule has 0 bridgehead atoms. The largest absolute Gasteiger partial charge is 0.502 e. The smallest absolute Gasteiger partial charge is 0.250 e. The standard InChI is InChI=1S/C23H27N5O6S/c1-6-28-22(15-7-8-16(31-2)17(11-15)32-3)26-27-23(28)35-13-20(29)25-24-12-14-9-18(33-4)21(30)19(10-14)34-5/h7-12,30H,6,13H2,1-5H3,(H,25,29)/b24-12+. The van der Waals surface area contributed by atoms with Crippen LogP contribution < -0.4 is 24.4 Å². The lowest BCUT2D eigenvalue weighted by Crippen LogP contribution is -2.20. The zero-order chi connectivity index (χ0) is 25.4. The van der Waals surface area contributed by atoms with Crippen molar-refractivity contribution in [3.63, 3.8) is 0 Å². The second-order valence-electron chi connectivity index (χ2n) is 6.98. The molecule has 1 heterocycles. The molecule has 12 heteroatoms. The van der Waals surface area contributed by atoms with Crippen LogP contribution in [0.5, 0.6) is 28.7 Å².